The Morgan fingerprint density at radius 3 is 2.57 bits per heavy atom. The number of aromatic nitrogens is 2. The van der Waals surface area contributed by atoms with E-state index >= 15 is 0 Å². The van der Waals surface area contributed by atoms with Crippen LogP contribution in [0.5, 0.6) is 0 Å². The predicted octanol–water partition coefficient (Wildman–Crippen LogP) is 4.41. The van der Waals surface area contributed by atoms with Gasteiger partial charge in [0.05, 0.1) is 22.3 Å². The smallest absolute Gasteiger partial charge is 0.266 e. The van der Waals surface area contributed by atoms with Crippen LogP contribution in [-0.4, -0.2) is 39.2 Å². The minimum atomic E-state index is -0.376. The fourth-order valence-corrected chi connectivity index (χ4v) is 4.86. The third kappa shape index (κ3) is 4.26. The number of carbonyl (C=O) groups is 1. The number of benzene rings is 2. The predicted molar refractivity (Wildman–Crippen MR) is 118 cm³/mol. The number of hydrogen-bond donors (Lipinski definition) is 0. The molecule has 0 atom stereocenters. The van der Waals surface area contributed by atoms with Crippen LogP contribution in [0, 0.1) is 5.82 Å². The second kappa shape index (κ2) is 9.00. The number of nitrogens with zero attached hydrogens (tertiary/aromatic N) is 3. The molecule has 156 valence electrons. The van der Waals surface area contributed by atoms with E-state index in [2.05, 4.69) is 4.98 Å². The summed E-state index contributed by atoms with van der Waals surface area (Å²) in [5.41, 5.74) is 0.870. The molecule has 1 aliphatic rings. The second-order valence-corrected chi connectivity index (χ2v) is 8.56. The zero-order valence-corrected chi connectivity index (χ0v) is 17.7. The lowest BCUT2D eigenvalue weighted by atomic mass is 9.94. The maximum absolute atomic E-state index is 13.4. The van der Waals surface area contributed by atoms with E-state index < -0.39 is 0 Å². The number of rotatable bonds is 5. The monoisotopic (exact) mass is 425 g/mol. The number of fused-ring (bicyclic) bond motifs is 1. The first-order valence-electron chi connectivity index (χ1n) is 10.2. The number of para-hydroxylation sites is 1. The number of amides is 1. The van der Waals surface area contributed by atoms with Gasteiger partial charge in [-0.2, -0.15) is 0 Å². The average molecular weight is 426 g/mol. The highest BCUT2D eigenvalue weighted by molar-refractivity contribution is 7.99. The van der Waals surface area contributed by atoms with Gasteiger partial charge < -0.3 is 4.90 Å². The summed E-state index contributed by atoms with van der Waals surface area (Å²) in [5, 5.41) is 0.910. The average Bonchev–Trinajstić information content (AvgIpc) is 2.78. The zero-order chi connectivity index (χ0) is 21.1. The van der Waals surface area contributed by atoms with Crippen LogP contribution in [0.25, 0.3) is 16.6 Å². The molecule has 5 nitrogen and oxygen atoms in total. The van der Waals surface area contributed by atoms with Gasteiger partial charge in [0.15, 0.2) is 5.16 Å². The van der Waals surface area contributed by atoms with E-state index in [-0.39, 0.29) is 29.1 Å². The van der Waals surface area contributed by atoms with E-state index in [1.165, 1.54) is 34.9 Å². The fraction of sp³-hybridized carbons (Fsp3) is 0.348. The molecule has 1 heterocycles. The molecule has 0 spiro atoms. The molecule has 1 aromatic heterocycles. The third-order valence-corrected chi connectivity index (χ3v) is 6.59. The second-order valence-electron chi connectivity index (χ2n) is 7.61. The molecule has 1 amide bonds. The van der Waals surface area contributed by atoms with Gasteiger partial charge in [-0.05, 0) is 49.2 Å². The topological polar surface area (TPSA) is 55.2 Å². The van der Waals surface area contributed by atoms with Crippen LogP contribution < -0.4 is 5.56 Å². The first-order valence-corrected chi connectivity index (χ1v) is 11.2. The van der Waals surface area contributed by atoms with Crippen LogP contribution >= 0.6 is 11.8 Å². The standard InChI is InChI=1S/C23H24FN3O2S/c1-26(17-7-3-2-4-8-17)21(28)15-30-23-25-20-10-6-5-9-19(20)22(29)27(23)18-13-11-16(24)12-14-18/h5-6,9-14,17H,2-4,7-8,15H2,1H3. The van der Waals surface area contributed by atoms with Crippen molar-refractivity contribution < 1.29 is 9.18 Å². The van der Waals surface area contributed by atoms with E-state index in [9.17, 15) is 14.0 Å². The van der Waals surface area contributed by atoms with Crippen molar-refractivity contribution in [3.05, 3.63) is 64.7 Å². The number of hydrogen-bond acceptors (Lipinski definition) is 4. The minimum Gasteiger partial charge on any atom is -0.342 e. The van der Waals surface area contributed by atoms with Crippen LogP contribution in [-0.2, 0) is 4.79 Å². The Morgan fingerprint density at radius 1 is 1.13 bits per heavy atom. The lowest BCUT2D eigenvalue weighted by Crippen LogP contribution is -2.39. The van der Waals surface area contributed by atoms with Crippen LogP contribution in [0.15, 0.2) is 58.5 Å². The van der Waals surface area contributed by atoms with Gasteiger partial charge in [0.1, 0.15) is 5.82 Å². The zero-order valence-electron chi connectivity index (χ0n) is 16.9. The Kier molecular flexibility index (Phi) is 6.18. The molecule has 0 radical (unpaired) electrons. The van der Waals surface area contributed by atoms with Gasteiger partial charge in [0.25, 0.3) is 5.56 Å². The molecule has 4 rings (SSSR count). The summed E-state index contributed by atoms with van der Waals surface area (Å²) in [6.07, 6.45) is 5.64. The van der Waals surface area contributed by atoms with Gasteiger partial charge in [0.2, 0.25) is 5.91 Å². The molecule has 1 saturated carbocycles. The number of carbonyl (C=O) groups excluding carboxylic acids is 1. The summed E-state index contributed by atoms with van der Waals surface area (Å²) in [7, 11) is 1.86. The molecule has 0 bridgehead atoms. The van der Waals surface area contributed by atoms with Crippen molar-refractivity contribution >= 4 is 28.6 Å². The molecule has 1 fully saturated rings. The van der Waals surface area contributed by atoms with Crippen molar-refractivity contribution in [2.45, 2.75) is 43.3 Å². The lowest BCUT2D eigenvalue weighted by molar-refractivity contribution is -0.129. The Morgan fingerprint density at radius 2 is 1.83 bits per heavy atom. The molecule has 3 aromatic rings. The van der Waals surface area contributed by atoms with E-state index in [0.29, 0.717) is 21.7 Å². The Bertz CT molecular complexity index is 1110. The molecule has 1 aliphatic carbocycles. The van der Waals surface area contributed by atoms with Gasteiger partial charge >= 0.3 is 0 Å². The highest BCUT2D eigenvalue weighted by Crippen LogP contribution is 2.25. The Hall–Kier alpha value is -2.67. The molecule has 2 aromatic carbocycles. The highest BCUT2D eigenvalue weighted by atomic mass is 32.2. The molecule has 7 heteroatoms. The molecular formula is C23H24FN3O2S. The molecule has 0 N–H and O–H groups in total. The summed E-state index contributed by atoms with van der Waals surface area (Å²) in [4.78, 5) is 32.5. The lowest BCUT2D eigenvalue weighted by Gasteiger charge is -2.31. The van der Waals surface area contributed by atoms with Gasteiger partial charge in [-0.1, -0.05) is 43.2 Å². The summed E-state index contributed by atoms with van der Waals surface area (Å²) in [6.45, 7) is 0. The summed E-state index contributed by atoms with van der Waals surface area (Å²) in [5.74, 6) is -0.155. The number of halogens is 1. The maximum Gasteiger partial charge on any atom is 0.266 e. The van der Waals surface area contributed by atoms with Crippen molar-refractivity contribution in [2.75, 3.05) is 12.8 Å². The first kappa shape index (κ1) is 20.6. The molecule has 0 aliphatic heterocycles. The fourth-order valence-electron chi connectivity index (χ4n) is 3.93. The van der Waals surface area contributed by atoms with Crippen molar-refractivity contribution in [3.8, 4) is 5.69 Å². The van der Waals surface area contributed by atoms with E-state index in [4.69, 9.17) is 0 Å². The van der Waals surface area contributed by atoms with Crippen molar-refractivity contribution in [1.29, 1.82) is 0 Å². The van der Waals surface area contributed by atoms with Crippen LogP contribution in [0.4, 0.5) is 4.39 Å². The summed E-state index contributed by atoms with van der Waals surface area (Å²) >= 11 is 1.24. The van der Waals surface area contributed by atoms with Crippen molar-refractivity contribution in [1.82, 2.24) is 14.5 Å². The number of thioether (sulfide) groups is 1. The maximum atomic E-state index is 13.4. The molecule has 0 saturated heterocycles. The Labute approximate surface area is 178 Å². The van der Waals surface area contributed by atoms with E-state index in [1.54, 1.807) is 30.3 Å². The summed E-state index contributed by atoms with van der Waals surface area (Å²) < 4.78 is 14.9. The largest absolute Gasteiger partial charge is 0.342 e. The summed E-state index contributed by atoms with van der Waals surface area (Å²) in [6, 6.07) is 13.1. The van der Waals surface area contributed by atoms with Crippen LogP contribution in [0.2, 0.25) is 0 Å². The van der Waals surface area contributed by atoms with Gasteiger partial charge in [-0.3, -0.25) is 14.2 Å². The van der Waals surface area contributed by atoms with E-state index in [0.717, 1.165) is 25.7 Å². The van der Waals surface area contributed by atoms with Crippen molar-refractivity contribution in [3.63, 3.8) is 0 Å². The first-order chi connectivity index (χ1) is 14.5. The normalized spacial score (nSPS) is 14.7. The van der Waals surface area contributed by atoms with Gasteiger partial charge in [-0.15, -0.1) is 0 Å². The third-order valence-electron chi connectivity index (χ3n) is 5.67. The quantitative estimate of drug-likeness (QED) is 0.449. The van der Waals surface area contributed by atoms with Gasteiger partial charge in [0, 0.05) is 13.1 Å². The van der Waals surface area contributed by atoms with Gasteiger partial charge in [-0.25, -0.2) is 9.37 Å². The highest BCUT2D eigenvalue weighted by Gasteiger charge is 2.23. The van der Waals surface area contributed by atoms with Crippen LogP contribution in [0.3, 0.4) is 0 Å². The molecule has 30 heavy (non-hydrogen) atoms. The molecule has 0 unspecified atom stereocenters. The molecular weight excluding hydrogens is 401 g/mol. The van der Waals surface area contributed by atoms with E-state index in [1.807, 2.05) is 18.0 Å². The minimum absolute atomic E-state index is 0.0277. The van der Waals surface area contributed by atoms with Crippen LogP contribution in [0.1, 0.15) is 32.1 Å². The SMILES string of the molecule is CN(C(=O)CSc1nc2ccccc2c(=O)n1-c1ccc(F)cc1)C1CCCCC1. The Balaban J connectivity index is 1.65. The van der Waals surface area contributed by atoms with Crippen molar-refractivity contribution in [2.24, 2.45) is 0 Å².